The number of benzene rings is 4. The molecule has 5 aromatic rings. The molecule has 0 saturated heterocycles. The van der Waals surface area contributed by atoms with Gasteiger partial charge in [0.05, 0.1) is 10.3 Å². The normalized spacial score (nSPS) is 11.9. The summed E-state index contributed by atoms with van der Waals surface area (Å²) in [6.45, 7) is 1.74. The molecule has 232 valence electrons. The van der Waals surface area contributed by atoms with Crippen LogP contribution in [0, 0.1) is 5.82 Å². The smallest absolute Gasteiger partial charge is 0.272 e. The van der Waals surface area contributed by atoms with Gasteiger partial charge in [-0.2, -0.15) is 0 Å². The van der Waals surface area contributed by atoms with Gasteiger partial charge in [0.25, 0.3) is 11.8 Å². The fraction of sp³-hybridized carbons (Fsp3) is 0.0571. The number of hydrogen-bond donors (Lipinski definition) is 3. The molecule has 0 spiro atoms. The molecule has 1 heterocycles. The Labute approximate surface area is 282 Å². The molecule has 3 amide bonds. The number of carbonyl (C=O) groups excluding carboxylic acids is 3. The molecule has 0 saturated carbocycles. The lowest BCUT2D eigenvalue weighted by Gasteiger charge is -2.13. The van der Waals surface area contributed by atoms with Crippen LogP contribution in [0.4, 0.5) is 15.8 Å². The monoisotopic (exact) mass is 717 g/mol. The summed E-state index contributed by atoms with van der Waals surface area (Å²) < 4.78 is 20.3. The average molecular weight is 719 g/mol. The Morgan fingerprint density at radius 3 is 2.26 bits per heavy atom. The van der Waals surface area contributed by atoms with Crippen molar-refractivity contribution >= 4 is 74.5 Å². The summed E-state index contributed by atoms with van der Waals surface area (Å²) in [6.07, 6.45) is 1.47. The maximum Gasteiger partial charge on any atom is 0.272 e. The van der Waals surface area contributed by atoms with E-state index in [0.717, 1.165) is 14.9 Å². The molecule has 1 aromatic heterocycles. The molecule has 0 aliphatic rings. The summed E-state index contributed by atoms with van der Waals surface area (Å²) in [5.74, 6) is -0.887. The van der Waals surface area contributed by atoms with Crippen molar-refractivity contribution < 1.29 is 23.2 Å². The zero-order valence-electron chi connectivity index (χ0n) is 24.2. The van der Waals surface area contributed by atoms with Crippen molar-refractivity contribution in [2.24, 2.45) is 0 Å². The number of nitrogens with one attached hydrogen (secondary N) is 3. The minimum absolute atomic E-state index is 0.0183. The van der Waals surface area contributed by atoms with E-state index in [2.05, 4.69) is 31.9 Å². The highest BCUT2D eigenvalue weighted by molar-refractivity contribution is 9.10. The molecule has 5 rings (SSSR count). The maximum atomic E-state index is 13.4. The first-order chi connectivity index (χ1) is 22.1. The topological polar surface area (TPSA) is 100 Å². The predicted octanol–water partition coefficient (Wildman–Crippen LogP) is 9.03. The molecule has 7 nitrogen and oxygen atoms in total. The molecular formula is C35H26BrClFN3O4S. The first-order valence-corrected chi connectivity index (χ1v) is 16.0. The summed E-state index contributed by atoms with van der Waals surface area (Å²) >= 11 is 10.5. The van der Waals surface area contributed by atoms with Gasteiger partial charge in [0.2, 0.25) is 5.91 Å². The van der Waals surface area contributed by atoms with Crippen molar-refractivity contribution in [2.75, 3.05) is 10.6 Å². The number of amides is 3. The van der Waals surface area contributed by atoms with E-state index >= 15 is 0 Å². The highest BCUT2D eigenvalue weighted by atomic mass is 79.9. The molecule has 46 heavy (non-hydrogen) atoms. The second kappa shape index (κ2) is 15.1. The summed E-state index contributed by atoms with van der Waals surface area (Å²) in [6, 6.07) is 30.6. The Balaban J connectivity index is 1.28. The van der Waals surface area contributed by atoms with E-state index < -0.39 is 22.9 Å². The Morgan fingerprint density at radius 1 is 0.870 bits per heavy atom. The van der Waals surface area contributed by atoms with Crippen LogP contribution in [0.5, 0.6) is 0 Å². The van der Waals surface area contributed by atoms with Crippen LogP contribution in [-0.2, 0) is 9.59 Å². The number of halogens is 3. The molecule has 11 heteroatoms. The Morgan fingerprint density at radius 2 is 1.57 bits per heavy atom. The van der Waals surface area contributed by atoms with Crippen molar-refractivity contribution in [2.45, 2.75) is 17.1 Å². The molecule has 1 atom stereocenters. The Kier molecular flexibility index (Phi) is 10.7. The standard InChI is InChI=1S/C35H26BrClFN3O4S/c1-21(33(42)40-26-13-17-30(38)29(37)19-26)46-28-15-11-25(12-16-28)39-35(44)31(41-34(43)23-5-3-2-4-6-23)20-27-14-18-32(45-27)22-7-9-24(36)10-8-22/h2-21H,1H3,(H,39,44)(H,40,42)(H,41,43). The van der Waals surface area contributed by atoms with Gasteiger partial charge in [-0.3, -0.25) is 14.4 Å². The number of carbonyl (C=O) groups is 3. The second-order valence-electron chi connectivity index (χ2n) is 9.94. The summed E-state index contributed by atoms with van der Waals surface area (Å²) in [5.41, 5.74) is 2.09. The van der Waals surface area contributed by atoms with Crippen molar-refractivity contribution in [3.05, 3.63) is 142 Å². The van der Waals surface area contributed by atoms with E-state index in [1.807, 2.05) is 24.3 Å². The first-order valence-electron chi connectivity index (χ1n) is 13.9. The van der Waals surface area contributed by atoms with Gasteiger partial charge in [0, 0.05) is 37.9 Å². The van der Waals surface area contributed by atoms with Crippen molar-refractivity contribution in [3.63, 3.8) is 0 Å². The van der Waals surface area contributed by atoms with Crippen LogP contribution in [0.1, 0.15) is 23.0 Å². The first kappa shape index (κ1) is 32.7. The fourth-order valence-electron chi connectivity index (χ4n) is 4.18. The number of thioether (sulfide) groups is 1. The van der Waals surface area contributed by atoms with Crippen LogP contribution in [0.3, 0.4) is 0 Å². The highest BCUT2D eigenvalue weighted by Crippen LogP contribution is 2.28. The van der Waals surface area contributed by atoms with E-state index in [1.54, 1.807) is 73.7 Å². The molecule has 0 radical (unpaired) electrons. The van der Waals surface area contributed by atoms with Gasteiger partial charge in [-0.25, -0.2) is 4.39 Å². The van der Waals surface area contributed by atoms with Gasteiger partial charge < -0.3 is 20.4 Å². The van der Waals surface area contributed by atoms with Crippen molar-refractivity contribution in [1.82, 2.24) is 5.32 Å². The van der Waals surface area contributed by atoms with Crippen molar-refractivity contribution in [1.29, 1.82) is 0 Å². The van der Waals surface area contributed by atoms with Crippen LogP contribution in [0.15, 0.2) is 129 Å². The summed E-state index contributed by atoms with van der Waals surface area (Å²) in [7, 11) is 0. The second-order valence-corrected chi connectivity index (χ2v) is 12.7. The van der Waals surface area contributed by atoms with E-state index in [9.17, 15) is 18.8 Å². The number of furan rings is 1. The zero-order valence-corrected chi connectivity index (χ0v) is 27.4. The van der Waals surface area contributed by atoms with Crippen LogP contribution in [-0.4, -0.2) is 23.0 Å². The molecule has 0 fully saturated rings. The number of anilines is 2. The Hall–Kier alpha value is -4.64. The highest BCUT2D eigenvalue weighted by Gasteiger charge is 2.18. The van der Waals surface area contributed by atoms with E-state index in [4.69, 9.17) is 16.0 Å². The van der Waals surface area contributed by atoms with Crippen LogP contribution < -0.4 is 16.0 Å². The molecule has 0 aliphatic carbocycles. The predicted molar refractivity (Wildman–Crippen MR) is 184 cm³/mol. The third-order valence-corrected chi connectivity index (χ3v) is 8.48. The average Bonchev–Trinajstić information content (AvgIpc) is 3.52. The third kappa shape index (κ3) is 8.75. The van der Waals surface area contributed by atoms with Crippen LogP contribution in [0.2, 0.25) is 5.02 Å². The third-order valence-electron chi connectivity index (χ3n) is 6.55. The zero-order chi connectivity index (χ0) is 32.6. The van der Waals surface area contributed by atoms with Crippen LogP contribution >= 0.6 is 39.3 Å². The summed E-state index contributed by atoms with van der Waals surface area (Å²) in [5, 5.41) is 7.67. The number of hydrogen-bond acceptors (Lipinski definition) is 5. The molecule has 1 unspecified atom stereocenters. The van der Waals surface area contributed by atoms with Crippen molar-refractivity contribution in [3.8, 4) is 11.3 Å². The van der Waals surface area contributed by atoms with Gasteiger partial charge in [-0.15, -0.1) is 11.8 Å². The van der Waals surface area contributed by atoms with Gasteiger partial charge in [0.15, 0.2) is 0 Å². The van der Waals surface area contributed by atoms with Gasteiger partial charge in [0.1, 0.15) is 23.0 Å². The van der Waals surface area contributed by atoms with Gasteiger partial charge >= 0.3 is 0 Å². The minimum Gasteiger partial charge on any atom is -0.457 e. The quantitative estimate of drug-likeness (QED) is 0.0989. The van der Waals surface area contributed by atoms with E-state index in [0.29, 0.717) is 28.5 Å². The van der Waals surface area contributed by atoms with Gasteiger partial charge in [-0.05, 0) is 85.8 Å². The SMILES string of the molecule is CC(Sc1ccc(NC(=O)C(=Cc2ccc(-c3ccc(Br)cc3)o2)NC(=O)c2ccccc2)cc1)C(=O)Nc1ccc(F)c(Cl)c1. The van der Waals surface area contributed by atoms with E-state index in [-0.39, 0.29) is 16.6 Å². The summed E-state index contributed by atoms with van der Waals surface area (Å²) in [4.78, 5) is 39.9. The molecule has 0 aliphatic heterocycles. The molecule has 0 bridgehead atoms. The molecule has 4 aromatic carbocycles. The minimum atomic E-state index is -0.567. The fourth-order valence-corrected chi connectivity index (χ4v) is 5.49. The Bertz CT molecular complexity index is 1900. The molecular weight excluding hydrogens is 693 g/mol. The lowest BCUT2D eigenvalue weighted by atomic mass is 10.2. The molecule has 3 N–H and O–H groups in total. The van der Waals surface area contributed by atoms with Gasteiger partial charge in [-0.1, -0.05) is 57.9 Å². The van der Waals surface area contributed by atoms with E-state index in [1.165, 1.54) is 36.0 Å². The lowest BCUT2D eigenvalue weighted by molar-refractivity contribution is -0.115. The largest absolute Gasteiger partial charge is 0.457 e. The lowest BCUT2D eigenvalue weighted by Crippen LogP contribution is -2.30. The maximum absolute atomic E-state index is 13.4. The number of rotatable bonds is 10. The van der Waals surface area contributed by atoms with Crippen LogP contribution in [0.25, 0.3) is 17.4 Å².